The molecule has 0 aromatic heterocycles. The van der Waals surface area contributed by atoms with Gasteiger partial charge in [0.2, 0.25) is 0 Å². The number of alkyl halides is 1. The van der Waals surface area contributed by atoms with Gasteiger partial charge in [-0.05, 0) is 31.1 Å². The second kappa shape index (κ2) is 3.78. The fraction of sp³-hybridized carbons (Fsp3) is 1.00. The Morgan fingerprint density at radius 2 is 1.79 bits per heavy atom. The molecule has 0 saturated heterocycles. The number of hydrogen-bond donors (Lipinski definition) is 0. The second-order valence-corrected chi connectivity index (χ2v) is 7.69. The molecule has 82 valence electrons. The van der Waals surface area contributed by atoms with E-state index in [2.05, 4.69) is 15.9 Å². The molecule has 2 fully saturated rings. The van der Waals surface area contributed by atoms with Gasteiger partial charge in [-0.3, -0.25) is 0 Å². The molecule has 0 atom stereocenters. The Labute approximate surface area is 94.5 Å². The molecule has 0 heterocycles. The summed E-state index contributed by atoms with van der Waals surface area (Å²) in [5, 5.41) is 0.838. The Kier molecular flexibility index (Phi) is 2.95. The zero-order valence-electron chi connectivity index (χ0n) is 8.34. The third kappa shape index (κ3) is 2.16. The van der Waals surface area contributed by atoms with Crippen molar-refractivity contribution in [2.24, 2.45) is 5.41 Å². The van der Waals surface area contributed by atoms with E-state index in [4.69, 9.17) is 0 Å². The predicted octanol–water partition coefficient (Wildman–Crippen LogP) is 2.52. The molecule has 0 amide bonds. The van der Waals surface area contributed by atoms with E-state index in [0.717, 1.165) is 43.9 Å². The maximum Gasteiger partial charge on any atom is 0.153 e. The highest BCUT2D eigenvalue weighted by Gasteiger charge is 2.46. The molecule has 14 heavy (non-hydrogen) atoms. The molecule has 0 aliphatic heterocycles. The predicted molar refractivity (Wildman–Crippen MR) is 61.5 cm³/mol. The van der Waals surface area contributed by atoms with Crippen molar-refractivity contribution in [3.05, 3.63) is 0 Å². The van der Waals surface area contributed by atoms with Crippen molar-refractivity contribution < 1.29 is 8.42 Å². The van der Waals surface area contributed by atoms with Crippen LogP contribution in [0.1, 0.15) is 38.5 Å². The molecule has 2 aliphatic carbocycles. The third-order valence-electron chi connectivity index (χ3n) is 3.56. The lowest BCUT2D eigenvalue weighted by Crippen LogP contribution is -2.27. The van der Waals surface area contributed by atoms with Crippen LogP contribution in [-0.4, -0.2) is 24.8 Å². The summed E-state index contributed by atoms with van der Waals surface area (Å²) in [6, 6.07) is 0. The molecule has 2 saturated carbocycles. The SMILES string of the molecule is O=S(=O)(CC1(CBr)CC1)C1CCCC1. The summed E-state index contributed by atoms with van der Waals surface area (Å²) >= 11 is 3.43. The highest BCUT2D eigenvalue weighted by atomic mass is 79.9. The van der Waals surface area contributed by atoms with Crippen molar-refractivity contribution in [2.45, 2.75) is 43.8 Å². The molecular formula is C10H17BrO2S. The van der Waals surface area contributed by atoms with E-state index in [9.17, 15) is 8.42 Å². The molecule has 0 bridgehead atoms. The molecule has 0 aromatic rings. The minimum absolute atomic E-state index is 0.0148. The van der Waals surface area contributed by atoms with Gasteiger partial charge < -0.3 is 0 Å². The first-order chi connectivity index (χ1) is 6.58. The van der Waals surface area contributed by atoms with Crippen LogP contribution >= 0.6 is 15.9 Å². The Morgan fingerprint density at radius 3 is 2.21 bits per heavy atom. The Morgan fingerprint density at radius 1 is 1.21 bits per heavy atom. The second-order valence-electron chi connectivity index (χ2n) is 4.85. The first-order valence-electron chi connectivity index (χ1n) is 5.36. The first-order valence-corrected chi connectivity index (χ1v) is 8.19. The molecule has 2 rings (SSSR count). The van der Waals surface area contributed by atoms with Crippen LogP contribution in [0.5, 0.6) is 0 Å². The van der Waals surface area contributed by atoms with Crippen LogP contribution in [0.25, 0.3) is 0 Å². The minimum atomic E-state index is -2.80. The summed E-state index contributed by atoms with van der Waals surface area (Å²) in [7, 11) is -2.80. The molecule has 0 aromatic carbocycles. The van der Waals surface area contributed by atoms with Crippen LogP contribution in [0.4, 0.5) is 0 Å². The zero-order chi connectivity index (χ0) is 10.2. The van der Waals surface area contributed by atoms with Crippen molar-refractivity contribution in [3.8, 4) is 0 Å². The van der Waals surface area contributed by atoms with Gasteiger partial charge in [-0.1, -0.05) is 28.8 Å². The van der Waals surface area contributed by atoms with Crippen LogP contribution in [0.15, 0.2) is 0 Å². The number of hydrogen-bond acceptors (Lipinski definition) is 2. The molecule has 4 heteroatoms. The summed E-state index contributed by atoms with van der Waals surface area (Å²) in [5.41, 5.74) is 0.113. The number of halogens is 1. The Balaban J connectivity index is 2.01. The van der Waals surface area contributed by atoms with Gasteiger partial charge in [0, 0.05) is 5.33 Å². The van der Waals surface area contributed by atoms with Gasteiger partial charge in [-0.2, -0.15) is 0 Å². The van der Waals surface area contributed by atoms with Crippen molar-refractivity contribution in [2.75, 3.05) is 11.1 Å². The normalized spacial score (nSPS) is 26.6. The molecule has 2 nitrogen and oxygen atoms in total. The monoisotopic (exact) mass is 280 g/mol. The van der Waals surface area contributed by atoms with Gasteiger partial charge in [-0.15, -0.1) is 0 Å². The van der Waals surface area contributed by atoms with Gasteiger partial charge in [0.25, 0.3) is 0 Å². The lowest BCUT2D eigenvalue weighted by molar-refractivity contribution is 0.557. The molecular weight excluding hydrogens is 264 g/mol. The van der Waals surface area contributed by atoms with Crippen LogP contribution < -0.4 is 0 Å². The fourth-order valence-corrected chi connectivity index (χ4v) is 5.84. The lowest BCUT2D eigenvalue weighted by Gasteiger charge is -2.16. The van der Waals surface area contributed by atoms with Crippen LogP contribution in [0, 0.1) is 5.41 Å². The van der Waals surface area contributed by atoms with Gasteiger partial charge in [0.1, 0.15) is 0 Å². The number of sulfone groups is 1. The van der Waals surface area contributed by atoms with Crippen LogP contribution in [0.3, 0.4) is 0 Å². The summed E-state index contributed by atoms with van der Waals surface area (Å²) < 4.78 is 24.1. The topological polar surface area (TPSA) is 34.1 Å². The Bertz CT molecular complexity index is 300. The lowest BCUT2D eigenvalue weighted by atomic mass is 10.2. The average Bonchev–Trinajstić information content (AvgIpc) is 2.70. The van der Waals surface area contributed by atoms with E-state index < -0.39 is 9.84 Å². The standard InChI is InChI=1S/C10H17BrO2S/c11-7-10(5-6-10)8-14(12,13)9-3-1-2-4-9/h9H,1-8H2. The molecule has 2 aliphatic rings. The first kappa shape index (κ1) is 10.9. The van der Waals surface area contributed by atoms with Crippen molar-refractivity contribution in [1.29, 1.82) is 0 Å². The number of rotatable bonds is 4. The summed E-state index contributed by atoms with van der Waals surface area (Å²) in [6.45, 7) is 0. The van der Waals surface area contributed by atoms with Crippen molar-refractivity contribution in [1.82, 2.24) is 0 Å². The molecule has 0 N–H and O–H groups in total. The molecule has 0 spiro atoms. The van der Waals surface area contributed by atoms with E-state index in [1.165, 1.54) is 0 Å². The average molecular weight is 281 g/mol. The van der Waals surface area contributed by atoms with Crippen molar-refractivity contribution >= 4 is 25.8 Å². The van der Waals surface area contributed by atoms with Gasteiger partial charge in [0.05, 0.1) is 11.0 Å². The largest absolute Gasteiger partial charge is 0.229 e. The van der Waals surface area contributed by atoms with Gasteiger partial charge in [0.15, 0.2) is 9.84 Å². The van der Waals surface area contributed by atoms with Gasteiger partial charge >= 0.3 is 0 Å². The maximum absolute atomic E-state index is 12.0. The smallest absolute Gasteiger partial charge is 0.153 e. The van der Waals surface area contributed by atoms with E-state index in [1.807, 2.05) is 0 Å². The van der Waals surface area contributed by atoms with Gasteiger partial charge in [-0.25, -0.2) is 8.42 Å². The molecule has 0 radical (unpaired) electrons. The minimum Gasteiger partial charge on any atom is -0.229 e. The van der Waals surface area contributed by atoms with E-state index >= 15 is 0 Å². The fourth-order valence-electron chi connectivity index (χ4n) is 2.29. The quantitative estimate of drug-likeness (QED) is 0.742. The summed E-state index contributed by atoms with van der Waals surface area (Å²) in [5.74, 6) is 0.427. The third-order valence-corrected chi connectivity index (χ3v) is 7.25. The van der Waals surface area contributed by atoms with Crippen LogP contribution in [-0.2, 0) is 9.84 Å². The van der Waals surface area contributed by atoms with E-state index in [0.29, 0.717) is 5.75 Å². The van der Waals surface area contributed by atoms with E-state index in [-0.39, 0.29) is 10.7 Å². The highest BCUT2D eigenvalue weighted by molar-refractivity contribution is 9.09. The zero-order valence-corrected chi connectivity index (χ0v) is 10.7. The van der Waals surface area contributed by atoms with Crippen LogP contribution in [0.2, 0.25) is 0 Å². The van der Waals surface area contributed by atoms with E-state index in [1.54, 1.807) is 0 Å². The Hall–Kier alpha value is 0.430. The molecule has 0 unspecified atom stereocenters. The maximum atomic E-state index is 12.0. The summed E-state index contributed by atoms with van der Waals surface area (Å²) in [4.78, 5) is 0. The summed E-state index contributed by atoms with van der Waals surface area (Å²) in [6.07, 6.45) is 6.19. The highest BCUT2D eigenvalue weighted by Crippen LogP contribution is 2.49. The van der Waals surface area contributed by atoms with Crippen molar-refractivity contribution in [3.63, 3.8) is 0 Å².